The normalized spacial score (nSPS) is 10.4. The van der Waals surface area contributed by atoms with Crippen LogP contribution >= 0.6 is 0 Å². The van der Waals surface area contributed by atoms with E-state index in [1.807, 2.05) is 31.2 Å². The number of para-hydroxylation sites is 1. The van der Waals surface area contributed by atoms with Gasteiger partial charge in [0, 0.05) is 6.42 Å². The monoisotopic (exact) mass is 262 g/mol. The minimum atomic E-state index is -1.21. The van der Waals surface area contributed by atoms with Crippen LogP contribution in [0.2, 0.25) is 0 Å². The molecule has 0 bridgehead atoms. The summed E-state index contributed by atoms with van der Waals surface area (Å²) in [4.78, 5) is 10.6. The number of carbonyl (C=O) groups is 1. The summed E-state index contributed by atoms with van der Waals surface area (Å²) in [6, 6.07) is 7.69. The van der Waals surface area contributed by atoms with E-state index >= 15 is 0 Å². The second-order valence-electron chi connectivity index (χ2n) is 3.85. The first-order valence-electron chi connectivity index (χ1n) is 5.97. The van der Waals surface area contributed by atoms with Crippen LogP contribution in [-0.4, -0.2) is 27.9 Å². The van der Waals surface area contributed by atoms with Crippen LogP contribution < -0.4 is 4.74 Å². The zero-order valence-corrected chi connectivity index (χ0v) is 10.5. The van der Waals surface area contributed by atoms with Crippen LogP contribution in [0.5, 0.6) is 5.75 Å². The SMILES string of the molecule is CCOc1ccccc1CCc1nnc(C(=O)O)o1. The smallest absolute Gasteiger partial charge is 0.393 e. The lowest BCUT2D eigenvalue weighted by Gasteiger charge is -2.08. The van der Waals surface area contributed by atoms with E-state index in [0.717, 1.165) is 11.3 Å². The van der Waals surface area contributed by atoms with Crippen LogP contribution in [0.1, 0.15) is 29.1 Å². The Labute approximate surface area is 110 Å². The Morgan fingerprint density at radius 2 is 2.11 bits per heavy atom. The molecule has 1 N–H and O–H groups in total. The van der Waals surface area contributed by atoms with Crippen molar-refractivity contribution < 1.29 is 19.1 Å². The quantitative estimate of drug-likeness (QED) is 0.856. The van der Waals surface area contributed by atoms with Gasteiger partial charge in [0.15, 0.2) is 0 Å². The number of benzene rings is 1. The average Bonchev–Trinajstić information content (AvgIpc) is 2.87. The van der Waals surface area contributed by atoms with Crippen molar-refractivity contribution in [2.45, 2.75) is 19.8 Å². The molecule has 0 amide bonds. The van der Waals surface area contributed by atoms with E-state index in [1.54, 1.807) is 0 Å². The van der Waals surface area contributed by atoms with E-state index in [-0.39, 0.29) is 5.89 Å². The molecule has 0 aliphatic heterocycles. The first kappa shape index (κ1) is 13.1. The first-order valence-corrected chi connectivity index (χ1v) is 5.97. The van der Waals surface area contributed by atoms with Crippen LogP contribution in [0, 0.1) is 0 Å². The number of aryl methyl sites for hydroxylation is 2. The standard InChI is InChI=1S/C13H14N2O4/c1-2-18-10-6-4-3-5-9(10)7-8-11-14-15-12(19-11)13(16)17/h3-6H,2,7-8H2,1H3,(H,16,17). The minimum Gasteiger partial charge on any atom is -0.494 e. The molecule has 1 aromatic carbocycles. The molecule has 100 valence electrons. The number of hydrogen-bond acceptors (Lipinski definition) is 5. The van der Waals surface area contributed by atoms with Crippen LogP contribution in [-0.2, 0) is 12.8 Å². The highest BCUT2D eigenvalue weighted by Gasteiger charge is 2.13. The summed E-state index contributed by atoms with van der Waals surface area (Å²) in [6.07, 6.45) is 1.13. The van der Waals surface area contributed by atoms with Crippen molar-refractivity contribution in [2.24, 2.45) is 0 Å². The van der Waals surface area contributed by atoms with Crippen molar-refractivity contribution >= 4 is 5.97 Å². The second kappa shape index (κ2) is 5.99. The summed E-state index contributed by atoms with van der Waals surface area (Å²) in [5, 5.41) is 15.8. The van der Waals surface area contributed by atoms with Gasteiger partial charge in [0.05, 0.1) is 6.61 Å². The van der Waals surface area contributed by atoms with Crippen molar-refractivity contribution in [3.63, 3.8) is 0 Å². The fourth-order valence-corrected chi connectivity index (χ4v) is 1.69. The van der Waals surface area contributed by atoms with Gasteiger partial charge in [0.25, 0.3) is 0 Å². The Kier molecular flexibility index (Phi) is 4.12. The number of rotatable bonds is 6. The third-order valence-electron chi connectivity index (χ3n) is 2.53. The molecule has 0 unspecified atom stereocenters. The van der Waals surface area contributed by atoms with Crippen LogP contribution in [0.15, 0.2) is 28.7 Å². The predicted octanol–water partition coefficient (Wildman–Crippen LogP) is 1.95. The number of ether oxygens (including phenoxy) is 1. The van der Waals surface area contributed by atoms with Crippen molar-refractivity contribution in [3.05, 3.63) is 41.6 Å². The maximum absolute atomic E-state index is 10.6. The van der Waals surface area contributed by atoms with Gasteiger partial charge in [-0.1, -0.05) is 18.2 Å². The van der Waals surface area contributed by atoms with Crippen LogP contribution in [0.3, 0.4) is 0 Å². The largest absolute Gasteiger partial charge is 0.494 e. The van der Waals surface area contributed by atoms with E-state index in [2.05, 4.69) is 10.2 Å². The van der Waals surface area contributed by atoms with Gasteiger partial charge >= 0.3 is 11.9 Å². The van der Waals surface area contributed by atoms with Gasteiger partial charge in [-0.3, -0.25) is 0 Å². The van der Waals surface area contributed by atoms with Crippen molar-refractivity contribution in [1.29, 1.82) is 0 Å². The fourth-order valence-electron chi connectivity index (χ4n) is 1.69. The molecule has 0 radical (unpaired) electrons. The van der Waals surface area contributed by atoms with Gasteiger partial charge in [-0.15, -0.1) is 10.2 Å². The molecule has 2 rings (SSSR count). The Balaban J connectivity index is 2.03. The number of carboxylic acid groups (broad SMARTS) is 1. The maximum Gasteiger partial charge on any atom is 0.393 e. The lowest BCUT2D eigenvalue weighted by atomic mass is 10.1. The van der Waals surface area contributed by atoms with Gasteiger partial charge in [-0.25, -0.2) is 4.79 Å². The van der Waals surface area contributed by atoms with E-state index in [1.165, 1.54) is 0 Å². The molecular weight excluding hydrogens is 248 g/mol. The van der Waals surface area contributed by atoms with Crippen molar-refractivity contribution in [1.82, 2.24) is 10.2 Å². The van der Waals surface area contributed by atoms with E-state index < -0.39 is 5.97 Å². The molecule has 0 atom stereocenters. The van der Waals surface area contributed by atoms with Gasteiger partial charge in [-0.05, 0) is 25.0 Å². The summed E-state index contributed by atoms with van der Waals surface area (Å²) in [5.74, 6) is -0.465. The van der Waals surface area contributed by atoms with E-state index in [9.17, 15) is 4.79 Å². The van der Waals surface area contributed by atoms with Gasteiger partial charge < -0.3 is 14.3 Å². The highest BCUT2D eigenvalue weighted by atomic mass is 16.5. The van der Waals surface area contributed by atoms with Gasteiger partial charge in [0.1, 0.15) is 5.75 Å². The molecule has 6 heteroatoms. The molecule has 0 saturated carbocycles. The molecule has 2 aromatic rings. The Morgan fingerprint density at radius 3 is 2.79 bits per heavy atom. The Morgan fingerprint density at radius 1 is 1.32 bits per heavy atom. The summed E-state index contributed by atoms with van der Waals surface area (Å²) in [5.41, 5.74) is 1.03. The fraction of sp³-hybridized carbons (Fsp3) is 0.308. The molecule has 0 saturated heterocycles. The average molecular weight is 262 g/mol. The molecule has 1 aromatic heterocycles. The summed E-state index contributed by atoms with van der Waals surface area (Å²) < 4.78 is 10.5. The minimum absolute atomic E-state index is 0.309. The molecule has 0 aliphatic rings. The first-order chi connectivity index (χ1) is 9.20. The van der Waals surface area contributed by atoms with Crippen molar-refractivity contribution in [2.75, 3.05) is 6.61 Å². The van der Waals surface area contributed by atoms with E-state index in [0.29, 0.717) is 25.3 Å². The highest BCUT2D eigenvalue weighted by molar-refractivity contribution is 5.81. The Bertz CT molecular complexity index is 565. The van der Waals surface area contributed by atoms with Crippen LogP contribution in [0.4, 0.5) is 0 Å². The summed E-state index contributed by atoms with van der Waals surface area (Å²) in [7, 11) is 0. The van der Waals surface area contributed by atoms with Crippen LogP contribution in [0.25, 0.3) is 0 Å². The zero-order valence-electron chi connectivity index (χ0n) is 10.5. The molecule has 0 fully saturated rings. The summed E-state index contributed by atoms with van der Waals surface area (Å²) >= 11 is 0. The number of nitrogens with zero attached hydrogens (tertiary/aromatic N) is 2. The molecule has 6 nitrogen and oxygen atoms in total. The van der Waals surface area contributed by atoms with Gasteiger partial charge in [0.2, 0.25) is 5.89 Å². The number of aromatic carboxylic acids is 1. The molecule has 0 spiro atoms. The molecule has 1 heterocycles. The van der Waals surface area contributed by atoms with E-state index in [4.69, 9.17) is 14.3 Å². The molecular formula is C13H14N2O4. The predicted molar refractivity (Wildman–Crippen MR) is 66.3 cm³/mol. The van der Waals surface area contributed by atoms with Crippen molar-refractivity contribution in [3.8, 4) is 5.75 Å². The lowest BCUT2D eigenvalue weighted by molar-refractivity contribution is 0.0651. The number of aromatic nitrogens is 2. The number of hydrogen-bond donors (Lipinski definition) is 1. The third kappa shape index (κ3) is 3.31. The third-order valence-corrected chi connectivity index (χ3v) is 2.53. The summed E-state index contributed by atoms with van der Waals surface area (Å²) in [6.45, 7) is 2.52. The molecule has 0 aliphatic carbocycles. The second-order valence-corrected chi connectivity index (χ2v) is 3.85. The highest BCUT2D eigenvalue weighted by Crippen LogP contribution is 2.19. The molecule has 19 heavy (non-hydrogen) atoms. The Hall–Kier alpha value is -2.37. The number of carboxylic acids is 1. The van der Waals surface area contributed by atoms with Gasteiger partial charge in [-0.2, -0.15) is 0 Å². The maximum atomic E-state index is 10.6. The zero-order chi connectivity index (χ0) is 13.7. The topological polar surface area (TPSA) is 85.5 Å². The lowest BCUT2D eigenvalue weighted by Crippen LogP contribution is -1.98.